The fourth-order valence-electron chi connectivity index (χ4n) is 1.92. The minimum Gasteiger partial charge on any atom is -0.357 e. The van der Waals surface area contributed by atoms with Crippen LogP contribution in [0.3, 0.4) is 0 Å². The maximum Gasteiger partial charge on any atom is 0.129 e. The van der Waals surface area contributed by atoms with Gasteiger partial charge in [0.05, 0.1) is 0 Å². The number of hydrogen-bond acceptors (Lipinski definition) is 3. The van der Waals surface area contributed by atoms with Gasteiger partial charge in [-0.3, -0.25) is 0 Å². The fraction of sp³-hybridized carbons (Fsp3) is 0.688. The molecule has 2 nitrogen and oxygen atoms in total. The Morgan fingerprint density at radius 1 is 1.35 bits per heavy atom. The molecule has 114 valence electrons. The predicted octanol–water partition coefficient (Wildman–Crippen LogP) is 4.70. The highest BCUT2D eigenvalue weighted by atomic mass is 35.5. The SMILES string of the molecule is CSCCC(C)N(C)c1cc(CCl)cc(C(C)(C)C)n1. The first-order valence-corrected chi connectivity index (χ1v) is 9.01. The van der Waals surface area contributed by atoms with Gasteiger partial charge in [0, 0.05) is 30.1 Å². The molecule has 1 aromatic heterocycles. The number of halogens is 1. The second kappa shape index (κ2) is 7.56. The number of anilines is 1. The van der Waals surface area contributed by atoms with E-state index in [1.54, 1.807) is 0 Å². The Morgan fingerprint density at radius 3 is 2.50 bits per heavy atom. The Bertz CT molecular complexity index is 429. The van der Waals surface area contributed by atoms with E-state index in [2.05, 4.69) is 58.0 Å². The van der Waals surface area contributed by atoms with Gasteiger partial charge in [-0.05, 0) is 43.0 Å². The molecule has 1 aromatic rings. The topological polar surface area (TPSA) is 16.1 Å². The van der Waals surface area contributed by atoms with Gasteiger partial charge in [-0.2, -0.15) is 11.8 Å². The van der Waals surface area contributed by atoms with E-state index in [0.717, 1.165) is 23.5 Å². The van der Waals surface area contributed by atoms with Crippen LogP contribution in [0.1, 0.15) is 45.4 Å². The molecule has 0 fully saturated rings. The van der Waals surface area contributed by atoms with Gasteiger partial charge in [0.25, 0.3) is 0 Å². The van der Waals surface area contributed by atoms with Gasteiger partial charge >= 0.3 is 0 Å². The van der Waals surface area contributed by atoms with E-state index in [1.807, 2.05) is 11.8 Å². The molecule has 0 aliphatic heterocycles. The molecular weight excluding hydrogens is 288 g/mol. The van der Waals surface area contributed by atoms with Crippen LogP contribution in [0, 0.1) is 0 Å². The predicted molar refractivity (Wildman–Crippen MR) is 93.4 cm³/mol. The lowest BCUT2D eigenvalue weighted by atomic mass is 9.91. The molecule has 4 heteroatoms. The number of alkyl halides is 1. The first kappa shape index (κ1) is 17.6. The smallest absolute Gasteiger partial charge is 0.129 e. The molecule has 0 spiro atoms. The zero-order valence-electron chi connectivity index (χ0n) is 13.5. The average Bonchev–Trinajstić information content (AvgIpc) is 2.42. The van der Waals surface area contributed by atoms with Crippen molar-refractivity contribution in [2.24, 2.45) is 0 Å². The van der Waals surface area contributed by atoms with Crippen molar-refractivity contribution in [1.29, 1.82) is 0 Å². The van der Waals surface area contributed by atoms with Crippen LogP contribution < -0.4 is 4.90 Å². The van der Waals surface area contributed by atoms with Crippen LogP contribution in [-0.4, -0.2) is 30.1 Å². The monoisotopic (exact) mass is 314 g/mol. The lowest BCUT2D eigenvalue weighted by Crippen LogP contribution is -2.31. The highest BCUT2D eigenvalue weighted by Crippen LogP contribution is 2.26. The largest absolute Gasteiger partial charge is 0.357 e. The molecule has 20 heavy (non-hydrogen) atoms. The van der Waals surface area contributed by atoms with Crippen LogP contribution in [0.4, 0.5) is 5.82 Å². The normalized spacial score (nSPS) is 13.3. The summed E-state index contributed by atoms with van der Waals surface area (Å²) in [5, 5.41) is 0. The van der Waals surface area contributed by atoms with E-state index in [9.17, 15) is 0 Å². The molecule has 1 atom stereocenters. The number of thioether (sulfide) groups is 1. The van der Waals surface area contributed by atoms with E-state index < -0.39 is 0 Å². The Kier molecular flexibility index (Phi) is 6.67. The molecule has 0 aromatic carbocycles. The highest BCUT2D eigenvalue weighted by Gasteiger charge is 2.19. The van der Waals surface area contributed by atoms with Crippen LogP contribution in [0.25, 0.3) is 0 Å². The quantitative estimate of drug-likeness (QED) is 0.708. The van der Waals surface area contributed by atoms with Crippen molar-refractivity contribution in [1.82, 2.24) is 4.98 Å². The first-order chi connectivity index (χ1) is 9.29. The second-order valence-corrected chi connectivity index (χ2v) is 7.60. The lowest BCUT2D eigenvalue weighted by molar-refractivity contribution is 0.564. The van der Waals surface area contributed by atoms with Crippen molar-refractivity contribution in [2.45, 2.75) is 51.5 Å². The third-order valence-electron chi connectivity index (χ3n) is 3.56. The maximum atomic E-state index is 6.04. The molecule has 1 rings (SSSR count). The molecular formula is C16H27ClN2S. The van der Waals surface area contributed by atoms with Gasteiger partial charge in [-0.15, -0.1) is 11.6 Å². The lowest BCUT2D eigenvalue weighted by Gasteiger charge is -2.28. The summed E-state index contributed by atoms with van der Waals surface area (Å²) in [6.45, 7) is 8.82. The van der Waals surface area contributed by atoms with Crippen molar-refractivity contribution < 1.29 is 0 Å². The Balaban J connectivity index is 3.04. The van der Waals surface area contributed by atoms with E-state index in [1.165, 1.54) is 5.75 Å². The van der Waals surface area contributed by atoms with Crippen molar-refractivity contribution >= 4 is 29.2 Å². The second-order valence-electron chi connectivity index (χ2n) is 6.34. The Hall–Kier alpha value is -0.410. The molecule has 0 bridgehead atoms. The molecule has 0 radical (unpaired) electrons. The van der Waals surface area contributed by atoms with Gasteiger partial charge in [0.15, 0.2) is 0 Å². The molecule has 1 unspecified atom stereocenters. The van der Waals surface area contributed by atoms with Crippen molar-refractivity contribution in [3.8, 4) is 0 Å². The summed E-state index contributed by atoms with van der Waals surface area (Å²) >= 11 is 7.93. The number of hydrogen-bond donors (Lipinski definition) is 0. The summed E-state index contributed by atoms with van der Waals surface area (Å²) in [4.78, 5) is 7.11. The number of nitrogens with zero attached hydrogens (tertiary/aromatic N) is 2. The van der Waals surface area contributed by atoms with E-state index in [0.29, 0.717) is 11.9 Å². The van der Waals surface area contributed by atoms with Crippen LogP contribution in [0.15, 0.2) is 12.1 Å². The summed E-state index contributed by atoms with van der Waals surface area (Å²) in [5.41, 5.74) is 2.29. The zero-order valence-corrected chi connectivity index (χ0v) is 15.1. The average molecular weight is 315 g/mol. The standard InChI is InChI=1S/C16H27ClN2S/c1-12(7-8-20-6)19(5)15-10-13(11-17)9-14(18-15)16(2,3)4/h9-10,12H,7-8,11H2,1-6H3. The van der Waals surface area contributed by atoms with Gasteiger partial charge in [-0.1, -0.05) is 20.8 Å². The fourth-order valence-corrected chi connectivity index (χ4v) is 2.65. The molecule has 0 aliphatic rings. The van der Waals surface area contributed by atoms with Crippen molar-refractivity contribution in [3.05, 3.63) is 23.4 Å². The highest BCUT2D eigenvalue weighted by molar-refractivity contribution is 7.98. The third kappa shape index (κ3) is 4.85. The summed E-state index contributed by atoms with van der Waals surface area (Å²) in [6, 6.07) is 4.71. The molecule has 0 saturated heterocycles. The molecule has 0 saturated carbocycles. The molecule has 0 amide bonds. The maximum absolute atomic E-state index is 6.04. The molecule has 0 N–H and O–H groups in total. The van der Waals surface area contributed by atoms with E-state index >= 15 is 0 Å². The zero-order chi connectivity index (χ0) is 15.3. The number of aromatic nitrogens is 1. The van der Waals surface area contributed by atoms with Crippen LogP contribution in [0.5, 0.6) is 0 Å². The van der Waals surface area contributed by atoms with Crippen LogP contribution in [-0.2, 0) is 11.3 Å². The van der Waals surface area contributed by atoms with Gasteiger partial charge < -0.3 is 4.90 Å². The van der Waals surface area contributed by atoms with Gasteiger partial charge in [0.2, 0.25) is 0 Å². The Morgan fingerprint density at radius 2 is 2.00 bits per heavy atom. The van der Waals surface area contributed by atoms with E-state index in [-0.39, 0.29) is 5.41 Å². The number of pyridine rings is 1. The van der Waals surface area contributed by atoms with E-state index in [4.69, 9.17) is 16.6 Å². The molecule has 0 aliphatic carbocycles. The minimum atomic E-state index is 0.0418. The number of rotatable bonds is 6. The van der Waals surface area contributed by atoms with Crippen molar-refractivity contribution in [2.75, 3.05) is 24.0 Å². The summed E-state index contributed by atoms with van der Waals surface area (Å²) in [7, 11) is 2.12. The van der Waals surface area contributed by atoms with Crippen LogP contribution >= 0.6 is 23.4 Å². The minimum absolute atomic E-state index is 0.0418. The van der Waals surface area contributed by atoms with Gasteiger partial charge in [0.1, 0.15) is 5.82 Å². The summed E-state index contributed by atoms with van der Waals surface area (Å²) < 4.78 is 0. The molecule has 1 heterocycles. The van der Waals surface area contributed by atoms with Crippen molar-refractivity contribution in [3.63, 3.8) is 0 Å². The van der Waals surface area contributed by atoms with Crippen LogP contribution in [0.2, 0.25) is 0 Å². The van der Waals surface area contributed by atoms with Gasteiger partial charge in [-0.25, -0.2) is 4.98 Å². The summed E-state index contributed by atoms with van der Waals surface area (Å²) in [5.74, 6) is 2.74. The Labute approximate surface area is 133 Å². The third-order valence-corrected chi connectivity index (χ3v) is 4.51. The summed E-state index contributed by atoms with van der Waals surface area (Å²) in [6.07, 6.45) is 3.31. The first-order valence-electron chi connectivity index (χ1n) is 7.08.